The lowest BCUT2D eigenvalue weighted by molar-refractivity contribution is 1.36. The van der Waals surface area contributed by atoms with Crippen LogP contribution in [-0.2, 0) is 0 Å². The maximum atomic E-state index is 2.17. The molecule has 0 amide bonds. The van der Waals surface area contributed by atoms with Gasteiger partial charge in [0.05, 0.1) is 0 Å². The van der Waals surface area contributed by atoms with Gasteiger partial charge in [0.15, 0.2) is 0 Å². The van der Waals surface area contributed by atoms with Crippen LogP contribution in [0.15, 0.2) is 60.2 Å². The topological polar surface area (TPSA) is 0 Å². The molecule has 0 radical (unpaired) electrons. The molecule has 0 nitrogen and oxygen atoms in total. The van der Waals surface area contributed by atoms with Gasteiger partial charge in [0.2, 0.25) is 0 Å². The Bertz CT molecular complexity index is 465. The molecule has 2 rings (SSSR count). The number of aryl methyl sites for hydroxylation is 2. The van der Waals surface area contributed by atoms with E-state index in [2.05, 4.69) is 82.3 Å². The SMILES string of the molecule is C.C.C.C.CC.CC=C(C)C.Cc1ccc(-c2ccc(C)cc2)cc1. The van der Waals surface area contributed by atoms with Crippen molar-refractivity contribution in [3.63, 3.8) is 0 Å². The summed E-state index contributed by atoms with van der Waals surface area (Å²) in [4.78, 5) is 0. The third-order valence-electron chi connectivity index (χ3n) is 3.01. The minimum atomic E-state index is 0. The maximum absolute atomic E-state index is 2.17. The lowest BCUT2D eigenvalue weighted by Gasteiger charge is -2.02. The summed E-state index contributed by atoms with van der Waals surface area (Å²) >= 11 is 0. The molecule has 0 saturated heterocycles. The van der Waals surface area contributed by atoms with E-state index < -0.39 is 0 Å². The molecule has 0 heteroatoms. The minimum absolute atomic E-state index is 0. The summed E-state index contributed by atoms with van der Waals surface area (Å²) in [5, 5.41) is 0. The summed E-state index contributed by atoms with van der Waals surface area (Å²) in [5.74, 6) is 0. The average Bonchev–Trinajstić information content (AvgIpc) is 2.51. The quantitative estimate of drug-likeness (QED) is 0.451. The highest BCUT2D eigenvalue weighted by atomic mass is 14.0. The standard InChI is InChI=1S/C14H14.C5H10.C2H6.4CH4/c1-11-3-7-13(8-4-11)14-9-5-12(2)6-10-14;1-4-5(2)3;1-2;;;;/h3-10H,1-2H3;4H,1-3H3;1-2H3;4*1H4. The molecule has 0 heterocycles. The molecule has 0 fully saturated rings. The first kappa shape index (κ1) is 34.5. The van der Waals surface area contributed by atoms with Gasteiger partial charge in [-0.15, -0.1) is 0 Å². The van der Waals surface area contributed by atoms with Crippen molar-refractivity contribution in [1.29, 1.82) is 0 Å². The summed E-state index contributed by atoms with van der Waals surface area (Å²) < 4.78 is 0. The van der Waals surface area contributed by atoms with Crippen LogP contribution in [0.2, 0.25) is 0 Å². The molecule has 0 aromatic heterocycles. The molecule has 0 atom stereocenters. The molecule has 0 unspecified atom stereocenters. The largest absolute Gasteiger partial charge is 0.0890 e. The van der Waals surface area contributed by atoms with E-state index in [9.17, 15) is 0 Å². The maximum Gasteiger partial charge on any atom is -0.0184 e. The van der Waals surface area contributed by atoms with Gasteiger partial charge in [-0.05, 0) is 45.7 Å². The first-order valence-corrected chi connectivity index (χ1v) is 7.76. The molecule has 2 aromatic rings. The Hall–Kier alpha value is -1.82. The van der Waals surface area contributed by atoms with Crippen LogP contribution in [0.4, 0.5) is 0 Å². The average molecular weight is 347 g/mol. The summed E-state index contributed by atoms with van der Waals surface area (Å²) in [5.41, 5.74) is 6.57. The molecular formula is C25H46. The van der Waals surface area contributed by atoms with Crippen LogP contribution in [0.5, 0.6) is 0 Å². The van der Waals surface area contributed by atoms with Gasteiger partial charge < -0.3 is 0 Å². The second-order valence-electron chi connectivity index (χ2n) is 5.10. The molecule has 25 heavy (non-hydrogen) atoms. The molecule has 0 bridgehead atoms. The smallest absolute Gasteiger partial charge is 0.0184 e. The molecule has 0 N–H and O–H groups in total. The molecule has 0 aliphatic rings. The van der Waals surface area contributed by atoms with E-state index in [4.69, 9.17) is 0 Å². The molecule has 0 aliphatic carbocycles. The van der Waals surface area contributed by atoms with E-state index in [0.29, 0.717) is 0 Å². The molecule has 0 spiro atoms. The zero-order valence-electron chi connectivity index (χ0n) is 14.7. The Labute approximate surface area is 161 Å². The Morgan fingerprint density at radius 1 is 0.600 bits per heavy atom. The van der Waals surface area contributed by atoms with Crippen LogP contribution in [0, 0.1) is 13.8 Å². The molecule has 146 valence electrons. The second kappa shape index (κ2) is 20.2. The molecule has 0 aliphatic heterocycles. The highest BCUT2D eigenvalue weighted by Crippen LogP contribution is 2.19. The van der Waals surface area contributed by atoms with Crippen molar-refractivity contribution < 1.29 is 0 Å². The first-order valence-electron chi connectivity index (χ1n) is 7.76. The van der Waals surface area contributed by atoms with Crippen LogP contribution in [0.25, 0.3) is 11.1 Å². The summed E-state index contributed by atoms with van der Waals surface area (Å²) in [6.07, 6.45) is 2.08. The normalized spacial score (nSPS) is 7.32. The predicted molar refractivity (Wildman–Crippen MR) is 125 cm³/mol. The Balaban J connectivity index is -0.000000107. The minimum Gasteiger partial charge on any atom is -0.0890 e. The summed E-state index contributed by atoms with van der Waals surface area (Å²) in [6.45, 7) is 14.4. The number of rotatable bonds is 1. The van der Waals surface area contributed by atoms with Gasteiger partial charge in [-0.1, -0.05) is 115 Å². The fraction of sp³-hybridized carbons (Fsp3) is 0.440. The van der Waals surface area contributed by atoms with Crippen LogP contribution >= 0.6 is 0 Å². The van der Waals surface area contributed by atoms with Crippen LogP contribution < -0.4 is 0 Å². The van der Waals surface area contributed by atoms with E-state index in [0.717, 1.165) is 0 Å². The predicted octanol–water partition coefficient (Wildman–Crippen LogP) is 9.51. The van der Waals surface area contributed by atoms with Crippen molar-refractivity contribution in [3.05, 3.63) is 71.3 Å². The van der Waals surface area contributed by atoms with Gasteiger partial charge in [-0.25, -0.2) is 0 Å². The lowest BCUT2D eigenvalue weighted by atomic mass is 10.0. The number of hydrogen-bond acceptors (Lipinski definition) is 0. The zero-order chi connectivity index (χ0) is 16.3. The van der Waals surface area contributed by atoms with Gasteiger partial charge in [-0.2, -0.15) is 0 Å². The summed E-state index contributed by atoms with van der Waals surface area (Å²) in [6, 6.07) is 17.3. The van der Waals surface area contributed by atoms with Crippen LogP contribution in [-0.4, -0.2) is 0 Å². The monoisotopic (exact) mass is 346 g/mol. The van der Waals surface area contributed by atoms with E-state index in [1.807, 2.05) is 20.8 Å². The molecule has 0 saturated carbocycles. The van der Waals surface area contributed by atoms with E-state index >= 15 is 0 Å². The summed E-state index contributed by atoms with van der Waals surface area (Å²) in [7, 11) is 0. The molecular weight excluding hydrogens is 300 g/mol. The Kier molecular flexibility index (Phi) is 27.9. The van der Waals surface area contributed by atoms with E-state index in [1.165, 1.54) is 27.8 Å². The highest BCUT2D eigenvalue weighted by molar-refractivity contribution is 5.63. The van der Waals surface area contributed by atoms with Crippen LogP contribution in [0.3, 0.4) is 0 Å². The van der Waals surface area contributed by atoms with Gasteiger partial charge in [0.1, 0.15) is 0 Å². The highest BCUT2D eigenvalue weighted by Gasteiger charge is 1.95. The molecule has 2 aromatic carbocycles. The van der Waals surface area contributed by atoms with E-state index in [-0.39, 0.29) is 29.7 Å². The van der Waals surface area contributed by atoms with Gasteiger partial charge in [-0.3, -0.25) is 0 Å². The van der Waals surface area contributed by atoms with Gasteiger partial charge >= 0.3 is 0 Å². The van der Waals surface area contributed by atoms with Gasteiger partial charge in [0, 0.05) is 0 Å². The van der Waals surface area contributed by atoms with Crippen molar-refractivity contribution in [2.75, 3.05) is 0 Å². The van der Waals surface area contributed by atoms with Crippen molar-refractivity contribution in [3.8, 4) is 11.1 Å². The number of hydrogen-bond donors (Lipinski definition) is 0. The van der Waals surface area contributed by atoms with E-state index in [1.54, 1.807) is 0 Å². The Morgan fingerprint density at radius 3 is 0.960 bits per heavy atom. The third kappa shape index (κ3) is 15.4. The Morgan fingerprint density at radius 2 is 0.800 bits per heavy atom. The first-order chi connectivity index (χ1) is 10.0. The zero-order valence-corrected chi connectivity index (χ0v) is 14.7. The second-order valence-corrected chi connectivity index (χ2v) is 5.10. The van der Waals surface area contributed by atoms with Crippen molar-refractivity contribution in [2.24, 2.45) is 0 Å². The van der Waals surface area contributed by atoms with Crippen molar-refractivity contribution in [2.45, 2.75) is 78.2 Å². The third-order valence-corrected chi connectivity index (χ3v) is 3.01. The van der Waals surface area contributed by atoms with Crippen LogP contribution in [0.1, 0.15) is 75.5 Å². The van der Waals surface area contributed by atoms with Crippen molar-refractivity contribution >= 4 is 0 Å². The van der Waals surface area contributed by atoms with Crippen molar-refractivity contribution in [1.82, 2.24) is 0 Å². The van der Waals surface area contributed by atoms with Gasteiger partial charge in [0.25, 0.3) is 0 Å². The fourth-order valence-electron chi connectivity index (χ4n) is 1.49. The fourth-order valence-corrected chi connectivity index (χ4v) is 1.49. The number of benzene rings is 2. The lowest BCUT2D eigenvalue weighted by Crippen LogP contribution is -1.78. The number of allylic oxidation sites excluding steroid dienone is 2.